The van der Waals surface area contributed by atoms with Crippen LogP contribution in [0.4, 0.5) is 0 Å². The summed E-state index contributed by atoms with van der Waals surface area (Å²) in [5, 5.41) is 3.20. The Labute approximate surface area is 110 Å². The monoisotopic (exact) mass is 248 g/mol. The summed E-state index contributed by atoms with van der Waals surface area (Å²) in [6, 6.07) is 8.91. The number of ether oxygens (including phenoxy) is 1. The molecule has 1 heterocycles. The van der Waals surface area contributed by atoms with E-state index in [0.29, 0.717) is 12.0 Å². The third-order valence-corrected chi connectivity index (χ3v) is 3.69. The van der Waals surface area contributed by atoms with Crippen LogP contribution in [0.25, 0.3) is 0 Å². The van der Waals surface area contributed by atoms with Gasteiger partial charge in [-0.15, -0.1) is 0 Å². The molecule has 0 radical (unpaired) electrons. The maximum atomic E-state index is 5.80. The maximum absolute atomic E-state index is 5.80. The van der Waals surface area contributed by atoms with Crippen LogP contribution >= 0.6 is 0 Å². The van der Waals surface area contributed by atoms with Gasteiger partial charge in [0.15, 0.2) is 0 Å². The van der Waals surface area contributed by atoms with E-state index in [9.17, 15) is 0 Å². The highest BCUT2D eigenvalue weighted by molar-refractivity contribution is 5.37. The van der Waals surface area contributed by atoms with Crippen molar-refractivity contribution >= 4 is 0 Å². The molecule has 3 heteroatoms. The summed E-state index contributed by atoms with van der Waals surface area (Å²) in [4.78, 5) is 2.46. The Morgan fingerprint density at radius 2 is 2.17 bits per heavy atom. The number of rotatable bonds is 5. The summed E-state index contributed by atoms with van der Waals surface area (Å²) in [5.41, 5.74) is 1.34. The number of nitrogens with one attached hydrogen (secondary N) is 1. The molecule has 3 nitrogen and oxygen atoms in total. The number of hydrogen-bond acceptors (Lipinski definition) is 3. The maximum Gasteiger partial charge on any atom is 0.124 e. The average Bonchev–Trinajstić information content (AvgIpc) is 2.38. The minimum Gasteiger partial charge on any atom is -0.493 e. The second kappa shape index (κ2) is 6.21. The molecule has 100 valence electrons. The predicted molar refractivity (Wildman–Crippen MR) is 75.0 cm³/mol. The Bertz CT molecular complexity index is 381. The highest BCUT2D eigenvalue weighted by atomic mass is 16.5. The van der Waals surface area contributed by atoms with Crippen molar-refractivity contribution in [2.45, 2.75) is 19.4 Å². The molecule has 1 aromatic carbocycles. The number of para-hydroxylation sites is 1. The van der Waals surface area contributed by atoms with E-state index >= 15 is 0 Å². The molecule has 0 aromatic heterocycles. The second-order valence-corrected chi connectivity index (χ2v) is 5.21. The lowest BCUT2D eigenvalue weighted by atomic mass is 9.91. The van der Waals surface area contributed by atoms with Gasteiger partial charge in [-0.3, -0.25) is 4.90 Å². The molecule has 1 aliphatic rings. The van der Waals surface area contributed by atoms with Crippen LogP contribution in [0.2, 0.25) is 0 Å². The van der Waals surface area contributed by atoms with Crippen LogP contribution in [0, 0.1) is 5.92 Å². The molecule has 0 saturated carbocycles. The Kier molecular flexibility index (Phi) is 4.61. The first-order valence-electron chi connectivity index (χ1n) is 6.80. The van der Waals surface area contributed by atoms with Crippen LogP contribution in [0.3, 0.4) is 0 Å². The molecule has 18 heavy (non-hydrogen) atoms. The van der Waals surface area contributed by atoms with Crippen molar-refractivity contribution in [3.8, 4) is 5.75 Å². The van der Waals surface area contributed by atoms with Gasteiger partial charge in [-0.1, -0.05) is 25.1 Å². The van der Waals surface area contributed by atoms with Crippen molar-refractivity contribution in [3.63, 3.8) is 0 Å². The molecular weight excluding hydrogens is 224 g/mol. The molecular formula is C15H24N2O. The summed E-state index contributed by atoms with van der Waals surface area (Å²) >= 11 is 0. The fourth-order valence-corrected chi connectivity index (χ4v) is 2.79. The van der Waals surface area contributed by atoms with E-state index in [-0.39, 0.29) is 0 Å². The molecule has 1 aromatic rings. The average molecular weight is 248 g/mol. The van der Waals surface area contributed by atoms with Gasteiger partial charge in [0, 0.05) is 17.5 Å². The van der Waals surface area contributed by atoms with Crippen LogP contribution in [-0.4, -0.2) is 38.7 Å². The largest absolute Gasteiger partial charge is 0.493 e. The van der Waals surface area contributed by atoms with Gasteiger partial charge in [0.25, 0.3) is 0 Å². The van der Waals surface area contributed by atoms with Gasteiger partial charge in [0.05, 0.1) is 6.61 Å². The zero-order chi connectivity index (χ0) is 13.0. The van der Waals surface area contributed by atoms with Gasteiger partial charge in [-0.2, -0.15) is 0 Å². The molecule has 2 unspecified atom stereocenters. The van der Waals surface area contributed by atoms with E-state index in [1.165, 1.54) is 12.0 Å². The van der Waals surface area contributed by atoms with Crippen LogP contribution in [0.5, 0.6) is 5.75 Å². The SMILES string of the molecule is CNCCCN(C)C1c2ccccc2OCC1C. The lowest BCUT2D eigenvalue weighted by Gasteiger charge is -2.37. The van der Waals surface area contributed by atoms with Crippen LogP contribution in [0.1, 0.15) is 24.9 Å². The molecule has 2 rings (SSSR count). The van der Waals surface area contributed by atoms with E-state index in [1.807, 2.05) is 13.1 Å². The van der Waals surface area contributed by atoms with Gasteiger partial charge in [0.2, 0.25) is 0 Å². The topological polar surface area (TPSA) is 24.5 Å². The summed E-state index contributed by atoms with van der Waals surface area (Å²) in [6.45, 7) is 5.28. The van der Waals surface area contributed by atoms with Gasteiger partial charge in [0.1, 0.15) is 5.75 Å². The van der Waals surface area contributed by atoms with Crippen molar-refractivity contribution in [3.05, 3.63) is 29.8 Å². The molecule has 2 atom stereocenters. The van der Waals surface area contributed by atoms with Crippen molar-refractivity contribution in [1.82, 2.24) is 10.2 Å². The molecule has 0 saturated heterocycles. The second-order valence-electron chi connectivity index (χ2n) is 5.21. The van der Waals surface area contributed by atoms with Crippen molar-refractivity contribution in [2.75, 3.05) is 33.8 Å². The molecule has 0 bridgehead atoms. The van der Waals surface area contributed by atoms with Crippen LogP contribution in [0.15, 0.2) is 24.3 Å². The van der Waals surface area contributed by atoms with Crippen molar-refractivity contribution in [1.29, 1.82) is 0 Å². The zero-order valence-electron chi connectivity index (χ0n) is 11.6. The molecule has 1 N–H and O–H groups in total. The lowest BCUT2D eigenvalue weighted by Crippen LogP contribution is -2.36. The Balaban J connectivity index is 2.10. The van der Waals surface area contributed by atoms with Crippen LogP contribution < -0.4 is 10.1 Å². The molecule has 1 aliphatic heterocycles. The molecule has 0 aliphatic carbocycles. The molecule has 0 amide bonds. The first-order valence-corrected chi connectivity index (χ1v) is 6.80. The van der Waals surface area contributed by atoms with Crippen molar-refractivity contribution < 1.29 is 4.74 Å². The number of benzene rings is 1. The zero-order valence-corrected chi connectivity index (χ0v) is 11.6. The van der Waals surface area contributed by atoms with Crippen LogP contribution in [-0.2, 0) is 0 Å². The van der Waals surface area contributed by atoms with E-state index < -0.39 is 0 Å². The summed E-state index contributed by atoms with van der Waals surface area (Å²) in [7, 11) is 4.23. The van der Waals surface area contributed by atoms with E-state index in [0.717, 1.165) is 25.4 Å². The predicted octanol–water partition coefficient (Wildman–Crippen LogP) is 2.30. The summed E-state index contributed by atoms with van der Waals surface area (Å²) in [6.07, 6.45) is 1.18. The van der Waals surface area contributed by atoms with Gasteiger partial charge in [-0.05, 0) is 39.7 Å². The van der Waals surface area contributed by atoms with E-state index in [2.05, 4.69) is 42.4 Å². The standard InChI is InChI=1S/C15H24N2O/c1-12-11-18-14-8-5-4-7-13(14)15(12)17(3)10-6-9-16-2/h4-5,7-8,12,15-16H,6,9-11H2,1-3H3. The number of hydrogen-bond donors (Lipinski definition) is 1. The Hall–Kier alpha value is -1.06. The quantitative estimate of drug-likeness (QED) is 0.809. The highest BCUT2D eigenvalue weighted by Gasteiger charge is 2.30. The first kappa shape index (κ1) is 13.4. The third-order valence-electron chi connectivity index (χ3n) is 3.69. The van der Waals surface area contributed by atoms with Gasteiger partial charge < -0.3 is 10.1 Å². The third kappa shape index (κ3) is 2.85. The summed E-state index contributed by atoms with van der Waals surface area (Å²) in [5.74, 6) is 1.60. The minimum atomic E-state index is 0.479. The smallest absolute Gasteiger partial charge is 0.124 e. The molecule has 0 spiro atoms. The summed E-state index contributed by atoms with van der Waals surface area (Å²) < 4.78 is 5.80. The number of fused-ring (bicyclic) bond motifs is 1. The van der Waals surface area contributed by atoms with Gasteiger partial charge >= 0.3 is 0 Å². The molecule has 0 fully saturated rings. The van der Waals surface area contributed by atoms with Crippen molar-refractivity contribution in [2.24, 2.45) is 5.92 Å². The first-order chi connectivity index (χ1) is 8.74. The normalized spacial score (nSPS) is 22.7. The Morgan fingerprint density at radius 1 is 1.39 bits per heavy atom. The number of nitrogens with zero attached hydrogens (tertiary/aromatic N) is 1. The fourth-order valence-electron chi connectivity index (χ4n) is 2.79. The fraction of sp³-hybridized carbons (Fsp3) is 0.600. The van der Waals surface area contributed by atoms with Gasteiger partial charge in [-0.25, -0.2) is 0 Å². The van der Waals surface area contributed by atoms with E-state index in [1.54, 1.807) is 0 Å². The minimum absolute atomic E-state index is 0.479. The highest BCUT2D eigenvalue weighted by Crippen LogP contribution is 2.38. The Morgan fingerprint density at radius 3 is 2.94 bits per heavy atom. The van der Waals surface area contributed by atoms with E-state index in [4.69, 9.17) is 4.74 Å². The lowest BCUT2D eigenvalue weighted by molar-refractivity contribution is 0.109.